The zero-order valence-electron chi connectivity index (χ0n) is 14.7. The quantitative estimate of drug-likeness (QED) is 0.565. The Hall–Kier alpha value is -0.550. The minimum atomic E-state index is -2.05. The third-order valence-electron chi connectivity index (χ3n) is 3.61. The third kappa shape index (κ3) is 7.30. The lowest BCUT2D eigenvalue weighted by molar-refractivity contribution is -0.120. The highest BCUT2D eigenvalue weighted by atomic mass is 35.6. The van der Waals surface area contributed by atoms with Crippen LogP contribution >= 0.6 is 34.8 Å². The van der Waals surface area contributed by atoms with Crippen LogP contribution < -0.4 is 5.32 Å². The largest absolute Gasteiger partial charge is 0.345 e. The van der Waals surface area contributed by atoms with Gasteiger partial charge >= 0.3 is 0 Å². The average molecular weight is 425 g/mol. The van der Waals surface area contributed by atoms with E-state index in [1.807, 2.05) is 51.1 Å². The fraction of sp³-hybridized carbons (Fsp3) is 0.500. The standard InChI is InChI=1S/C18H24Cl3NO2S/c1-4-6-8-15(22-17(23)18(19,20)21)16(7-5-2)25(24)14-11-9-13(3)10-12-14/h7,9-12,15H,4-6,8H2,1-3H3,(H,22,23)/b16-7-/t15-,25-/m0/s1. The van der Waals surface area contributed by atoms with Gasteiger partial charge in [-0.1, -0.05) is 85.3 Å². The molecule has 0 saturated carbocycles. The van der Waals surface area contributed by atoms with Crippen molar-refractivity contribution < 1.29 is 9.00 Å². The molecule has 0 heterocycles. The van der Waals surface area contributed by atoms with E-state index in [0.29, 0.717) is 22.6 Å². The summed E-state index contributed by atoms with van der Waals surface area (Å²) in [5.41, 5.74) is 1.09. The predicted molar refractivity (Wildman–Crippen MR) is 108 cm³/mol. The highest BCUT2D eigenvalue weighted by Gasteiger charge is 2.33. The Morgan fingerprint density at radius 3 is 2.32 bits per heavy atom. The molecule has 1 aromatic carbocycles. The maximum absolute atomic E-state index is 13.1. The zero-order valence-corrected chi connectivity index (χ0v) is 17.7. The molecule has 0 saturated heterocycles. The molecular weight excluding hydrogens is 401 g/mol. The first-order valence-electron chi connectivity index (χ1n) is 8.26. The molecule has 0 bridgehead atoms. The summed E-state index contributed by atoms with van der Waals surface area (Å²) in [6.07, 6.45) is 5.01. The van der Waals surface area contributed by atoms with E-state index in [0.717, 1.165) is 18.4 Å². The van der Waals surface area contributed by atoms with Gasteiger partial charge in [0.05, 0.1) is 16.8 Å². The number of benzene rings is 1. The van der Waals surface area contributed by atoms with Crippen molar-refractivity contribution in [3.8, 4) is 0 Å². The van der Waals surface area contributed by atoms with E-state index in [2.05, 4.69) is 5.32 Å². The van der Waals surface area contributed by atoms with Crippen molar-refractivity contribution in [2.45, 2.75) is 61.2 Å². The second kappa shape index (κ2) is 10.6. The number of unbranched alkanes of at least 4 members (excludes halogenated alkanes) is 1. The molecule has 1 N–H and O–H groups in total. The molecular formula is C18H24Cl3NO2S. The number of nitrogens with one attached hydrogen (secondary N) is 1. The number of hydrogen-bond acceptors (Lipinski definition) is 2. The Balaban J connectivity index is 3.14. The lowest BCUT2D eigenvalue weighted by Gasteiger charge is -2.23. The van der Waals surface area contributed by atoms with Crippen LogP contribution in [0.15, 0.2) is 40.1 Å². The molecule has 0 radical (unpaired) electrons. The molecule has 0 aliphatic heterocycles. The van der Waals surface area contributed by atoms with Crippen LogP contribution in [0.1, 0.15) is 45.1 Å². The molecule has 7 heteroatoms. The lowest BCUT2D eigenvalue weighted by Crippen LogP contribution is -2.43. The molecule has 0 aliphatic rings. The van der Waals surface area contributed by atoms with Gasteiger partial charge < -0.3 is 5.32 Å². The summed E-state index contributed by atoms with van der Waals surface area (Å²) < 4.78 is 11.0. The maximum atomic E-state index is 13.1. The van der Waals surface area contributed by atoms with Crippen LogP contribution in [-0.4, -0.2) is 20.0 Å². The summed E-state index contributed by atoms with van der Waals surface area (Å²) in [6.45, 7) is 5.98. The molecule has 0 aromatic heterocycles. The fourth-order valence-electron chi connectivity index (χ4n) is 2.28. The number of rotatable bonds is 8. The molecule has 1 amide bonds. The Labute approximate surface area is 167 Å². The molecule has 0 aliphatic carbocycles. The van der Waals surface area contributed by atoms with Crippen molar-refractivity contribution in [1.82, 2.24) is 5.32 Å². The van der Waals surface area contributed by atoms with Crippen LogP contribution in [0.2, 0.25) is 0 Å². The Morgan fingerprint density at radius 2 is 1.84 bits per heavy atom. The van der Waals surface area contributed by atoms with Crippen LogP contribution in [0.5, 0.6) is 0 Å². The lowest BCUT2D eigenvalue weighted by atomic mass is 10.1. The molecule has 3 nitrogen and oxygen atoms in total. The topological polar surface area (TPSA) is 46.2 Å². The normalized spacial score (nSPS) is 14.9. The van der Waals surface area contributed by atoms with E-state index in [1.54, 1.807) is 0 Å². The minimum absolute atomic E-state index is 0.440. The first-order chi connectivity index (χ1) is 11.7. The van der Waals surface area contributed by atoms with Gasteiger partial charge in [-0.2, -0.15) is 0 Å². The van der Waals surface area contributed by atoms with Crippen molar-refractivity contribution in [2.24, 2.45) is 0 Å². The fourth-order valence-corrected chi connectivity index (χ4v) is 3.85. The number of amides is 1. The van der Waals surface area contributed by atoms with E-state index in [1.165, 1.54) is 0 Å². The number of halogens is 3. The molecule has 0 unspecified atom stereocenters. The smallest absolute Gasteiger partial charge is 0.272 e. The third-order valence-corrected chi connectivity index (χ3v) is 5.70. The summed E-state index contributed by atoms with van der Waals surface area (Å²) in [7, 11) is -1.39. The van der Waals surface area contributed by atoms with Crippen LogP contribution in [0.25, 0.3) is 0 Å². The van der Waals surface area contributed by atoms with Gasteiger partial charge in [0, 0.05) is 9.80 Å². The highest BCUT2D eigenvalue weighted by Crippen LogP contribution is 2.28. The Bertz CT molecular complexity index is 624. The summed E-state index contributed by atoms with van der Waals surface area (Å²) in [5.74, 6) is -0.707. The molecule has 1 rings (SSSR count). The van der Waals surface area contributed by atoms with Crippen molar-refractivity contribution in [2.75, 3.05) is 0 Å². The second-order valence-corrected chi connectivity index (χ2v) is 9.52. The Morgan fingerprint density at radius 1 is 1.24 bits per heavy atom. The number of hydrogen-bond donors (Lipinski definition) is 1. The molecule has 0 fully saturated rings. The SMILES string of the molecule is CC/C=C(/[C@H](CCCC)NC(=O)C(Cl)(Cl)Cl)[S@@](=O)c1ccc(C)cc1. The molecule has 140 valence electrons. The van der Waals surface area contributed by atoms with Gasteiger partial charge in [0.2, 0.25) is 0 Å². The summed E-state index contributed by atoms with van der Waals surface area (Å²) in [4.78, 5) is 13.4. The van der Waals surface area contributed by atoms with E-state index in [9.17, 15) is 9.00 Å². The highest BCUT2D eigenvalue weighted by molar-refractivity contribution is 7.89. The first-order valence-corrected chi connectivity index (χ1v) is 10.5. The number of aryl methyl sites for hydroxylation is 1. The number of allylic oxidation sites excluding steroid dienone is 1. The van der Waals surface area contributed by atoms with Crippen molar-refractivity contribution in [1.29, 1.82) is 0 Å². The summed E-state index contributed by atoms with van der Waals surface area (Å²) in [5, 5.41) is 2.74. The van der Waals surface area contributed by atoms with Gasteiger partial charge in [-0.05, 0) is 31.9 Å². The molecule has 1 aromatic rings. The van der Waals surface area contributed by atoms with Crippen molar-refractivity contribution >= 4 is 51.5 Å². The molecule has 0 spiro atoms. The molecule has 2 atom stereocenters. The summed E-state index contributed by atoms with van der Waals surface area (Å²) in [6, 6.07) is 7.06. The van der Waals surface area contributed by atoms with Gasteiger partial charge in [-0.25, -0.2) is 4.21 Å². The molecule has 25 heavy (non-hydrogen) atoms. The van der Waals surface area contributed by atoms with Crippen molar-refractivity contribution in [3.63, 3.8) is 0 Å². The first kappa shape index (κ1) is 22.5. The van der Waals surface area contributed by atoms with Gasteiger partial charge in [-0.3, -0.25) is 4.79 Å². The zero-order chi connectivity index (χ0) is 19.0. The van der Waals surface area contributed by atoms with E-state index >= 15 is 0 Å². The average Bonchev–Trinajstić information content (AvgIpc) is 2.55. The van der Waals surface area contributed by atoms with E-state index < -0.39 is 26.5 Å². The predicted octanol–water partition coefficient (Wildman–Crippen LogP) is 5.44. The van der Waals surface area contributed by atoms with Crippen LogP contribution in [0.3, 0.4) is 0 Å². The minimum Gasteiger partial charge on any atom is -0.345 e. The Kier molecular flexibility index (Phi) is 9.50. The van der Waals surface area contributed by atoms with Gasteiger partial charge in [-0.15, -0.1) is 0 Å². The van der Waals surface area contributed by atoms with Gasteiger partial charge in [0.1, 0.15) is 0 Å². The summed E-state index contributed by atoms with van der Waals surface area (Å²) >= 11 is 17.0. The monoisotopic (exact) mass is 423 g/mol. The number of carbonyl (C=O) groups is 1. The number of carbonyl (C=O) groups excluding carboxylic acids is 1. The van der Waals surface area contributed by atoms with Gasteiger partial charge in [0.15, 0.2) is 0 Å². The van der Waals surface area contributed by atoms with Crippen LogP contribution in [0.4, 0.5) is 0 Å². The number of alkyl halides is 3. The van der Waals surface area contributed by atoms with E-state index in [4.69, 9.17) is 34.8 Å². The second-order valence-electron chi connectivity index (χ2n) is 5.76. The van der Waals surface area contributed by atoms with Crippen LogP contribution in [0, 0.1) is 6.92 Å². The van der Waals surface area contributed by atoms with Crippen LogP contribution in [-0.2, 0) is 15.6 Å². The van der Waals surface area contributed by atoms with Gasteiger partial charge in [0.25, 0.3) is 9.70 Å². The van der Waals surface area contributed by atoms with E-state index in [-0.39, 0.29) is 0 Å². The maximum Gasteiger partial charge on any atom is 0.272 e. The van der Waals surface area contributed by atoms with Crippen molar-refractivity contribution in [3.05, 3.63) is 40.8 Å².